The molecule has 0 heterocycles. The fraction of sp³-hybridized carbons (Fsp3) is 0.444. The summed E-state index contributed by atoms with van der Waals surface area (Å²) in [4.78, 5) is 0. The number of thioether (sulfide) groups is 1. The molecule has 0 spiro atoms. The van der Waals surface area contributed by atoms with Gasteiger partial charge in [-0.05, 0) is 47.5 Å². The molecule has 0 aliphatic carbocycles. The maximum absolute atomic E-state index is 11.6. The lowest BCUT2D eigenvalue weighted by molar-refractivity contribution is 0.608. The lowest BCUT2D eigenvalue weighted by Gasteiger charge is -2.06. The van der Waals surface area contributed by atoms with Crippen LogP contribution in [0.2, 0.25) is 0 Å². The molecular weight excluding hydrogens is 296 g/mol. The van der Waals surface area contributed by atoms with Gasteiger partial charge < -0.3 is 4.55 Å². The van der Waals surface area contributed by atoms with E-state index >= 15 is 0 Å². The monoisotopic (exact) mass is 322 g/mol. The largest absolute Gasteiger partial charge is 0.611 e. The van der Waals surface area contributed by atoms with Crippen molar-refractivity contribution in [2.75, 3.05) is 12.5 Å². The first-order valence-electron chi connectivity index (χ1n) is 7.53. The Bertz CT molecular complexity index is 464. The third kappa shape index (κ3) is 7.79. The molecule has 0 bridgehead atoms. The zero-order valence-electron chi connectivity index (χ0n) is 13.3. The second-order valence-electron chi connectivity index (χ2n) is 5.04. The molecule has 3 heteroatoms. The Hall–Kier alpha value is -0.640. The lowest BCUT2D eigenvalue weighted by atomic mass is 10.1. The van der Waals surface area contributed by atoms with Crippen LogP contribution < -0.4 is 0 Å². The predicted octanol–water partition coefficient (Wildman–Crippen LogP) is 5.71. The summed E-state index contributed by atoms with van der Waals surface area (Å²) in [7, 11) is 0. The standard InChI is InChI=1S/C18H26OS2/c1-4-5-6-7-8-9-11-16-12-10-13-17(14-16)15-18(20-2)21(3)19/h9-15H,4-8H2,1-3H3/b11-9?,18-15+. The average Bonchev–Trinajstić information content (AvgIpc) is 2.48. The Kier molecular flexibility index (Phi) is 9.64. The first-order chi connectivity index (χ1) is 10.2. The van der Waals surface area contributed by atoms with Crippen LogP contribution in [0.25, 0.3) is 12.2 Å². The quantitative estimate of drug-likeness (QED) is 0.429. The maximum atomic E-state index is 11.6. The van der Waals surface area contributed by atoms with E-state index in [1.807, 2.05) is 12.3 Å². The molecule has 1 nitrogen and oxygen atoms in total. The van der Waals surface area contributed by atoms with Gasteiger partial charge in [0.25, 0.3) is 0 Å². The van der Waals surface area contributed by atoms with E-state index in [9.17, 15) is 4.55 Å². The topological polar surface area (TPSA) is 23.1 Å². The zero-order chi connectivity index (χ0) is 15.5. The fourth-order valence-electron chi connectivity index (χ4n) is 2.06. The molecule has 1 unspecified atom stereocenters. The number of benzene rings is 1. The number of allylic oxidation sites excluding steroid dienone is 1. The third-order valence-corrected chi connectivity index (χ3v) is 5.62. The first-order valence-corrected chi connectivity index (χ1v) is 10.3. The summed E-state index contributed by atoms with van der Waals surface area (Å²) in [6, 6.07) is 8.37. The van der Waals surface area contributed by atoms with Crippen molar-refractivity contribution in [3.8, 4) is 0 Å². The minimum atomic E-state index is -0.915. The predicted molar refractivity (Wildman–Crippen MR) is 99.8 cm³/mol. The van der Waals surface area contributed by atoms with Crippen molar-refractivity contribution in [1.82, 2.24) is 0 Å². The molecule has 116 valence electrons. The van der Waals surface area contributed by atoms with E-state index in [-0.39, 0.29) is 0 Å². The summed E-state index contributed by atoms with van der Waals surface area (Å²) in [6.45, 7) is 2.24. The van der Waals surface area contributed by atoms with Gasteiger partial charge in [0.05, 0.1) is 0 Å². The maximum Gasteiger partial charge on any atom is 0.186 e. The molecule has 1 aromatic carbocycles. The molecule has 0 amide bonds. The number of hydrogen-bond donors (Lipinski definition) is 0. The van der Waals surface area contributed by atoms with Gasteiger partial charge in [0.2, 0.25) is 0 Å². The fourth-order valence-corrected chi connectivity index (χ4v) is 3.55. The highest BCUT2D eigenvalue weighted by atomic mass is 32.3. The second kappa shape index (κ2) is 11.0. The van der Waals surface area contributed by atoms with Crippen LogP contribution in [-0.2, 0) is 11.2 Å². The van der Waals surface area contributed by atoms with Gasteiger partial charge in [0, 0.05) is 6.08 Å². The summed E-state index contributed by atoms with van der Waals surface area (Å²) in [5.74, 6) is 0. The number of unbranched alkanes of at least 4 members (excludes halogenated alkanes) is 4. The Morgan fingerprint density at radius 1 is 1.24 bits per heavy atom. The van der Waals surface area contributed by atoms with Crippen molar-refractivity contribution >= 4 is 35.1 Å². The van der Waals surface area contributed by atoms with Gasteiger partial charge in [0.1, 0.15) is 6.26 Å². The van der Waals surface area contributed by atoms with Crippen molar-refractivity contribution in [3.05, 3.63) is 45.7 Å². The molecule has 0 aromatic heterocycles. The molecule has 1 atom stereocenters. The molecule has 1 rings (SSSR count). The highest BCUT2D eigenvalue weighted by Crippen LogP contribution is 2.22. The van der Waals surface area contributed by atoms with E-state index in [2.05, 4.69) is 43.3 Å². The second-order valence-corrected chi connectivity index (χ2v) is 7.50. The van der Waals surface area contributed by atoms with Gasteiger partial charge in [0.15, 0.2) is 4.24 Å². The van der Waals surface area contributed by atoms with Crippen molar-refractivity contribution < 1.29 is 4.55 Å². The molecular formula is C18H26OS2. The molecule has 1 aromatic rings. The van der Waals surface area contributed by atoms with Crippen molar-refractivity contribution in [1.29, 1.82) is 0 Å². The highest BCUT2D eigenvalue weighted by Gasteiger charge is 2.06. The van der Waals surface area contributed by atoms with E-state index in [1.54, 1.807) is 18.0 Å². The summed E-state index contributed by atoms with van der Waals surface area (Å²) >= 11 is 0.636. The molecule has 21 heavy (non-hydrogen) atoms. The van der Waals surface area contributed by atoms with Gasteiger partial charge in [-0.1, -0.05) is 68.3 Å². The first kappa shape index (κ1) is 18.4. The van der Waals surface area contributed by atoms with Gasteiger partial charge in [-0.2, -0.15) is 0 Å². The van der Waals surface area contributed by atoms with Gasteiger partial charge in [-0.25, -0.2) is 0 Å². The van der Waals surface area contributed by atoms with Gasteiger partial charge >= 0.3 is 0 Å². The third-order valence-electron chi connectivity index (χ3n) is 3.21. The van der Waals surface area contributed by atoms with Crippen LogP contribution in [0, 0.1) is 0 Å². The Morgan fingerprint density at radius 2 is 2.00 bits per heavy atom. The highest BCUT2D eigenvalue weighted by molar-refractivity contribution is 8.18. The molecule has 0 saturated heterocycles. The molecule has 0 aliphatic heterocycles. The van der Waals surface area contributed by atoms with Crippen LogP contribution in [-0.4, -0.2) is 17.1 Å². The van der Waals surface area contributed by atoms with Gasteiger partial charge in [-0.15, -0.1) is 0 Å². The lowest BCUT2D eigenvalue weighted by Crippen LogP contribution is -1.96. The molecule has 0 N–H and O–H groups in total. The van der Waals surface area contributed by atoms with E-state index in [4.69, 9.17) is 0 Å². The van der Waals surface area contributed by atoms with Crippen LogP contribution in [0.4, 0.5) is 0 Å². The normalized spacial score (nSPS) is 13.8. The minimum absolute atomic E-state index is 0.913. The van der Waals surface area contributed by atoms with E-state index in [0.29, 0.717) is 0 Å². The summed E-state index contributed by atoms with van der Waals surface area (Å²) in [5.41, 5.74) is 2.32. The Balaban J connectivity index is 2.62. The Morgan fingerprint density at radius 3 is 2.67 bits per heavy atom. The van der Waals surface area contributed by atoms with E-state index in [1.165, 1.54) is 31.2 Å². The number of rotatable bonds is 9. The van der Waals surface area contributed by atoms with Crippen molar-refractivity contribution in [2.45, 2.75) is 39.0 Å². The van der Waals surface area contributed by atoms with E-state index in [0.717, 1.165) is 16.2 Å². The van der Waals surface area contributed by atoms with Crippen LogP contribution in [0.1, 0.15) is 50.2 Å². The van der Waals surface area contributed by atoms with Crippen molar-refractivity contribution in [2.24, 2.45) is 0 Å². The minimum Gasteiger partial charge on any atom is -0.611 e. The van der Waals surface area contributed by atoms with Crippen LogP contribution in [0.3, 0.4) is 0 Å². The molecule has 0 aliphatic rings. The van der Waals surface area contributed by atoms with Gasteiger partial charge in [-0.3, -0.25) is 0 Å². The smallest absolute Gasteiger partial charge is 0.186 e. The molecule has 0 fully saturated rings. The summed E-state index contributed by atoms with van der Waals surface area (Å²) in [5, 5.41) is 0. The SMILES string of the molecule is CCCCCCC=Cc1cccc(/C=C(\SC)[S+](C)[O-])c1. The summed E-state index contributed by atoms with van der Waals surface area (Å²) < 4.78 is 12.5. The Labute approximate surface area is 137 Å². The van der Waals surface area contributed by atoms with Crippen LogP contribution in [0.15, 0.2) is 34.6 Å². The van der Waals surface area contributed by atoms with E-state index < -0.39 is 11.2 Å². The van der Waals surface area contributed by atoms with Crippen LogP contribution in [0.5, 0.6) is 0 Å². The number of hydrogen-bond acceptors (Lipinski definition) is 2. The zero-order valence-corrected chi connectivity index (χ0v) is 14.9. The molecule has 0 radical (unpaired) electrons. The summed E-state index contributed by atoms with van der Waals surface area (Å²) in [6.07, 6.45) is 16.5. The average molecular weight is 323 g/mol. The van der Waals surface area contributed by atoms with Crippen LogP contribution >= 0.6 is 11.8 Å². The van der Waals surface area contributed by atoms with Crippen molar-refractivity contribution in [3.63, 3.8) is 0 Å². The molecule has 0 saturated carbocycles.